The number of rotatable bonds is 3. The van der Waals surface area contributed by atoms with Gasteiger partial charge in [-0.25, -0.2) is 4.79 Å². The predicted octanol–water partition coefficient (Wildman–Crippen LogP) is 3.38. The van der Waals surface area contributed by atoms with E-state index in [1.54, 1.807) is 31.3 Å². The molecule has 2 aromatic rings. The maximum atomic E-state index is 12.1. The summed E-state index contributed by atoms with van der Waals surface area (Å²) >= 11 is 7.00. The van der Waals surface area contributed by atoms with Crippen molar-refractivity contribution in [1.82, 2.24) is 0 Å². The number of anilines is 1. The lowest BCUT2D eigenvalue weighted by Gasteiger charge is -2.16. The average molecular weight is 296 g/mol. The van der Waals surface area contributed by atoms with E-state index in [1.807, 2.05) is 0 Å². The van der Waals surface area contributed by atoms with Gasteiger partial charge in [0.05, 0.1) is 14.8 Å². The summed E-state index contributed by atoms with van der Waals surface area (Å²) in [5, 5.41) is 8.81. The van der Waals surface area contributed by atoms with E-state index in [1.165, 1.54) is 28.4 Å². The van der Waals surface area contributed by atoms with Gasteiger partial charge in [0, 0.05) is 12.7 Å². The predicted molar refractivity (Wildman–Crippen MR) is 75.5 cm³/mol. The molecule has 0 aliphatic carbocycles. The molecule has 1 heterocycles. The number of nitrogens with zero attached hydrogens (tertiary/aromatic N) is 1. The molecule has 1 N–H and O–H groups in total. The van der Waals surface area contributed by atoms with E-state index in [4.69, 9.17) is 16.7 Å². The molecule has 4 nitrogen and oxygen atoms in total. The average Bonchev–Trinajstić information content (AvgIpc) is 2.84. The molecule has 0 spiro atoms. The van der Waals surface area contributed by atoms with E-state index in [0.29, 0.717) is 14.9 Å². The largest absolute Gasteiger partial charge is 0.478 e. The first-order valence-electron chi connectivity index (χ1n) is 5.36. The third kappa shape index (κ3) is 2.94. The SMILES string of the molecule is CN(C(=O)c1ccc(Cl)s1)c1ccc(C(=O)O)cc1. The van der Waals surface area contributed by atoms with Crippen LogP contribution in [0.4, 0.5) is 5.69 Å². The number of benzene rings is 1. The molecule has 1 aromatic heterocycles. The van der Waals surface area contributed by atoms with Gasteiger partial charge in [-0.2, -0.15) is 0 Å². The van der Waals surface area contributed by atoms with Crippen LogP contribution < -0.4 is 4.90 Å². The van der Waals surface area contributed by atoms with Gasteiger partial charge in [-0.1, -0.05) is 11.6 Å². The third-order valence-corrected chi connectivity index (χ3v) is 3.81. The van der Waals surface area contributed by atoms with Crippen molar-refractivity contribution >= 4 is 40.5 Å². The van der Waals surface area contributed by atoms with Gasteiger partial charge < -0.3 is 10.0 Å². The number of aromatic carboxylic acids is 1. The van der Waals surface area contributed by atoms with E-state index in [-0.39, 0.29) is 11.5 Å². The number of hydrogen-bond acceptors (Lipinski definition) is 3. The molecule has 98 valence electrons. The Bertz CT molecular complexity index is 621. The second kappa shape index (κ2) is 5.42. The Hall–Kier alpha value is -1.85. The minimum Gasteiger partial charge on any atom is -0.478 e. The fourth-order valence-corrected chi connectivity index (χ4v) is 2.56. The summed E-state index contributed by atoms with van der Waals surface area (Å²) in [6.45, 7) is 0. The lowest BCUT2D eigenvalue weighted by Crippen LogP contribution is -2.25. The molecule has 0 fully saturated rings. The Labute approximate surface area is 118 Å². The zero-order valence-electron chi connectivity index (χ0n) is 9.96. The Morgan fingerprint density at radius 3 is 2.26 bits per heavy atom. The van der Waals surface area contributed by atoms with Crippen molar-refractivity contribution in [3.8, 4) is 0 Å². The molecule has 1 aromatic carbocycles. The van der Waals surface area contributed by atoms with Crippen LogP contribution in [0, 0.1) is 0 Å². The highest BCUT2D eigenvalue weighted by atomic mass is 35.5. The van der Waals surface area contributed by atoms with E-state index >= 15 is 0 Å². The molecule has 19 heavy (non-hydrogen) atoms. The normalized spacial score (nSPS) is 10.2. The van der Waals surface area contributed by atoms with Crippen LogP contribution in [-0.2, 0) is 0 Å². The van der Waals surface area contributed by atoms with Crippen molar-refractivity contribution in [1.29, 1.82) is 0 Å². The van der Waals surface area contributed by atoms with Gasteiger partial charge in [-0.05, 0) is 36.4 Å². The number of amides is 1. The van der Waals surface area contributed by atoms with Crippen molar-refractivity contribution in [2.45, 2.75) is 0 Å². The number of halogens is 1. The molecule has 0 radical (unpaired) electrons. The molecule has 0 saturated heterocycles. The Morgan fingerprint density at radius 1 is 1.16 bits per heavy atom. The second-order valence-electron chi connectivity index (χ2n) is 3.82. The van der Waals surface area contributed by atoms with E-state index < -0.39 is 5.97 Å². The number of carboxylic acid groups (broad SMARTS) is 1. The van der Waals surface area contributed by atoms with Crippen molar-refractivity contribution in [2.75, 3.05) is 11.9 Å². The summed E-state index contributed by atoms with van der Waals surface area (Å²) in [5.41, 5.74) is 0.809. The number of carbonyl (C=O) groups is 2. The van der Waals surface area contributed by atoms with Crippen LogP contribution in [0.1, 0.15) is 20.0 Å². The Balaban J connectivity index is 2.21. The van der Waals surface area contributed by atoms with E-state index in [9.17, 15) is 9.59 Å². The van der Waals surface area contributed by atoms with Gasteiger partial charge >= 0.3 is 5.97 Å². The molecule has 6 heteroatoms. The van der Waals surface area contributed by atoms with E-state index in [0.717, 1.165) is 0 Å². The van der Waals surface area contributed by atoms with Gasteiger partial charge in [0.1, 0.15) is 0 Å². The second-order valence-corrected chi connectivity index (χ2v) is 5.54. The zero-order valence-corrected chi connectivity index (χ0v) is 11.5. The highest BCUT2D eigenvalue weighted by Gasteiger charge is 2.15. The number of carbonyl (C=O) groups excluding carboxylic acids is 1. The lowest BCUT2D eigenvalue weighted by atomic mass is 10.2. The quantitative estimate of drug-likeness (QED) is 0.944. The standard InChI is InChI=1S/C13H10ClNO3S/c1-15(12(16)10-6-7-11(14)19-10)9-4-2-8(3-5-9)13(17)18/h2-7H,1H3,(H,17,18). The van der Waals surface area contributed by atoms with Crippen LogP contribution in [0.5, 0.6) is 0 Å². The Kier molecular flexibility index (Phi) is 3.87. The van der Waals surface area contributed by atoms with Crippen LogP contribution in [0.3, 0.4) is 0 Å². The lowest BCUT2D eigenvalue weighted by molar-refractivity contribution is 0.0696. The topological polar surface area (TPSA) is 57.6 Å². The summed E-state index contributed by atoms with van der Waals surface area (Å²) in [6.07, 6.45) is 0. The minimum atomic E-state index is -0.995. The van der Waals surface area contributed by atoms with Gasteiger partial charge in [-0.15, -0.1) is 11.3 Å². The first-order valence-corrected chi connectivity index (χ1v) is 6.55. The monoisotopic (exact) mass is 295 g/mol. The maximum absolute atomic E-state index is 12.1. The molecule has 0 atom stereocenters. The molecule has 0 saturated carbocycles. The number of hydrogen-bond donors (Lipinski definition) is 1. The van der Waals surface area contributed by atoms with Crippen LogP contribution in [0.2, 0.25) is 4.34 Å². The van der Waals surface area contributed by atoms with Gasteiger partial charge in [0.25, 0.3) is 5.91 Å². The van der Waals surface area contributed by atoms with Crippen LogP contribution >= 0.6 is 22.9 Å². The smallest absolute Gasteiger partial charge is 0.335 e. The molecular weight excluding hydrogens is 286 g/mol. The van der Waals surface area contributed by atoms with Crippen LogP contribution in [0.15, 0.2) is 36.4 Å². The first-order chi connectivity index (χ1) is 8.99. The van der Waals surface area contributed by atoms with E-state index in [2.05, 4.69) is 0 Å². The highest BCUT2D eigenvalue weighted by Crippen LogP contribution is 2.24. The highest BCUT2D eigenvalue weighted by molar-refractivity contribution is 7.18. The molecule has 0 bridgehead atoms. The van der Waals surface area contributed by atoms with Crippen LogP contribution in [-0.4, -0.2) is 24.0 Å². The van der Waals surface area contributed by atoms with Crippen molar-refractivity contribution in [3.05, 3.63) is 51.2 Å². The molecule has 0 aliphatic heterocycles. The third-order valence-electron chi connectivity index (χ3n) is 2.59. The first kappa shape index (κ1) is 13.6. The molecule has 2 rings (SSSR count). The van der Waals surface area contributed by atoms with Gasteiger partial charge in [0.15, 0.2) is 0 Å². The fourth-order valence-electron chi connectivity index (χ4n) is 1.54. The van der Waals surface area contributed by atoms with Gasteiger partial charge in [0.2, 0.25) is 0 Å². The number of thiophene rings is 1. The zero-order chi connectivity index (χ0) is 14.0. The summed E-state index contributed by atoms with van der Waals surface area (Å²) in [6, 6.07) is 9.44. The van der Waals surface area contributed by atoms with Crippen molar-refractivity contribution in [3.63, 3.8) is 0 Å². The fraction of sp³-hybridized carbons (Fsp3) is 0.0769. The van der Waals surface area contributed by atoms with Gasteiger partial charge in [-0.3, -0.25) is 4.79 Å². The van der Waals surface area contributed by atoms with Crippen molar-refractivity contribution in [2.24, 2.45) is 0 Å². The Morgan fingerprint density at radius 2 is 1.79 bits per heavy atom. The molecule has 0 unspecified atom stereocenters. The minimum absolute atomic E-state index is 0.181. The molecular formula is C13H10ClNO3S. The maximum Gasteiger partial charge on any atom is 0.335 e. The van der Waals surface area contributed by atoms with Crippen LogP contribution in [0.25, 0.3) is 0 Å². The summed E-state index contributed by atoms with van der Waals surface area (Å²) < 4.78 is 0.554. The molecule has 0 aliphatic rings. The number of carboxylic acids is 1. The summed E-state index contributed by atoms with van der Waals surface area (Å²) in [5.74, 6) is -1.18. The summed E-state index contributed by atoms with van der Waals surface area (Å²) in [7, 11) is 1.63. The summed E-state index contributed by atoms with van der Waals surface area (Å²) in [4.78, 5) is 24.9. The molecule has 1 amide bonds. The van der Waals surface area contributed by atoms with Crippen molar-refractivity contribution < 1.29 is 14.7 Å².